The molecule has 0 fully saturated rings. The van der Waals surface area contributed by atoms with Gasteiger partial charge in [0.15, 0.2) is 0 Å². The van der Waals surface area contributed by atoms with Crippen molar-refractivity contribution >= 4 is 29.3 Å². The van der Waals surface area contributed by atoms with Crippen molar-refractivity contribution in [2.24, 2.45) is 5.92 Å². The minimum atomic E-state index is -1.15. The van der Waals surface area contributed by atoms with E-state index in [0.717, 1.165) is 0 Å². The number of halogens is 1. The van der Waals surface area contributed by atoms with Gasteiger partial charge in [0.1, 0.15) is 11.3 Å². The fourth-order valence-electron chi connectivity index (χ4n) is 1.83. The van der Waals surface area contributed by atoms with E-state index in [2.05, 4.69) is 5.32 Å². The lowest BCUT2D eigenvalue weighted by Gasteiger charge is -2.20. The molecule has 2 N–H and O–H groups in total. The van der Waals surface area contributed by atoms with Crippen LogP contribution in [0.3, 0.4) is 0 Å². The van der Waals surface area contributed by atoms with Gasteiger partial charge in [0.25, 0.3) is 0 Å². The number of rotatable bonds is 5. The molecule has 0 saturated heterocycles. The Morgan fingerprint density at radius 1 is 1.43 bits per heavy atom. The fourth-order valence-corrected chi connectivity index (χ4v) is 2.04. The van der Waals surface area contributed by atoms with E-state index in [1.807, 2.05) is 13.8 Å². The molecule has 0 bridgehead atoms. The van der Waals surface area contributed by atoms with E-state index < -0.39 is 5.97 Å². The van der Waals surface area contributed by atoms with Gasteiger partial charge in [-0.05, 0) is 12.0 Å². The third kappa shape index (κ3) is 4.53. The van der Waals surface area contributed by atoms with Gasteiger partial charge in [-0.1, -0.05) is 25.4 Å². The number of hydrogen-bond acceptors (Lipinski definition) is 3. The highest BCUT2D eigenvalue weighted by Gasteiger charge is 2.17. The second-order valence-corrected chi connectivity index (χ2v) is 5.45. The second kappa shape index (κ2) is 7.17. The van der Waals surface area contributed by atoms with E-state index in [4.69, 9.17) is 21.4 Å². The highest BCUT2D eigenvalue weighted by molar-refractivity contribution is 6.34. The number of carbonyl (C=O) groups is 2. The number of anilines is 1. The van der Waals surface area contributed by atoms with E-state index in [1.54, 1.807) is 7.05 Å². The molecule has 0 radical (unpaired) electrons. The Labute approximate surface area is 128 Å². The number of ether oxygens (including phenoxy) is 1. The van der Waals surface area contributed by atoms with Gasteiger partial charge >= 0.3 is 12.0 Å². The lowest BCUT2D eigenvalue weighted by Crippen LogP contribution is -2.34. The van der Waals surface area contributed by atoms with Crippen molar-refractivity contribution < 1.29 is 19.4 Å². The average Bonchev–Trinajstić information content (AvgIpc) is 2.39. The second-order valence-electron chi connectivity index (χ2n) is 5.04. The maximum absolute atomic E-state index is 12.0. The quantitative estimate of drug-likeness (QED) is 0.875. The first-order chi connectivity index (χ1) is 9.76. The summed E-state index contributed by atoms with van der Waals surface area (Å²) in [4.78, 5) is 24.6. The largest absolute Gasteiger partial charge is 0.496 e. The number of nitrogens with one attached hydrogen (secondary N) is 1. The number of methoxy groups -OCH3 is 1. The summed E-state index contributed by atoms with van der Waals surface area (Å²) in [7, 11) is 3.03. The van der Waals surface area contributed by atoms with Crippen LogP contribution >= 0.6 is 11.6 Å². The van der Waals surface area contributed by atoms with Crippen molar-refractivity contribution in [2.45, 2.75) is 13.8 Å². The molecule has 6 nitrogen and oxygen atoms in total. The Morgan fingerprint density at radius 3 is 2.52 bits per heavy atom. The van der Waals surface area contributed by atoms with Gasteiger partial charge in [-0.25, -0.2) is 9.59 Å². The predicted molar refractivity (Wildman–Crippen MR) is 81.5 cm³/mol. The molecule has 0 saturated carbocycles. The van der Waals surface area contributed by atoms with Crippen molar-refractivity contribution in [1.82, 2.24) is 4.90 Å². The van der Waals surface area contributed by atoms with Gasteiger partial charge < -0.3 is 20.1 Å². The number of carboxylic acid groups (broad SMARTS) is 1. The van der Waals surface area contributed by atoms with Crippen molar-refractivity contribution in [3.05, 3.63) is 22.7 Å². The van der Waals surface area contributed by atoms with Crippen LogP contribution in [0.2, 0.25) is 5.02 Å². The third-order valence-corrected chi connectivity index (χ3v) is 3.06. The van der Waals surface area contributed by atoms with Gasteiger partial charge in [0.05, 0.1) is 17.8 Å². The van der Waals surface area contributed by atoms with Gasteiger partial charge in [0, 0.05) is 19.7 Å². The van der Waals surface area contributed by atoms with Crippen molar-refractivity contribution in [3.63, 3.8) is 0 Å². The lowest BCUT2D eigenvalue weighted by molar-refractivity contribution is 0.0693. The molecular weight excluding hydrogens is 296 g/mol. The summed E-state index contributed by atoms with van der Waals surface area (Å²) in [6.45, 7) is 4.59. The van der Waals surface area contributed by atoms with Crippen molar-refractivity contribution in [1.29, 1.82) is 0 Å². The molecule has 0 aliphatic carbocycles. The van der Waals surface area contributed by atoms with Crippen LogP contribution in [0.4, 0.5) is 10.5 Å². The Bertz CT molecular complexity index is 546. The zero-order valence-electron chi connectivity index (χ0n) is 12.4. The molecule has 0 aliphatic heterocycles. The van der Waals surface area contributed by atoms with Gasteiger partial charge in [-0.15, -0.1) is 0 Å². The number of aromatic carboxylic acids is 1. The lowest BCUT2D eigenvalue weighted by atomic mass is 10.2. The molecule has 2 amide bonds. The number of amides is 2. The molecule has 1 aromatic carbocycles. The summed E-state index contributed by atoms with van der Waals surface area (Å²) >= 11 is 6.00. The topological polar surface area (TPSA) is 78.9 Å². The highest BCUT2D eigenvalue weighted by Crippen LogP contribution is 2.31. The number of nitrogens with zero attached hydrogens (tertiary/aromatic N) is 1. The number of carbonyl (C=O) groups excluding carboxylic acids is 1. The van der Waals surface area contributed by atoms with Crippen molar-refractivity contribution in [3.8, 4) is 5.75 Å². The Kier molecular flexibility index (Phi) is 5.84. The SMILES string of the molecule is COc1cc(NC(=O)N(C)CC(C)C)c(Cl)cc1C(=O)O. The summed E-state index contributed by atoms with van der Waals surface area (Å²) < 4.78 is 5.00. The predicted octanol–water partition coefficient (Wildman–Crippen LogP) is 3.17. The molecule has 0 unspecified atom stereocenters. The average molecular weight is 315 g/mol. The standard InChI is InChI=1S/C14H19ClN2O4/c1-8(2)7-17(3)14(20)16-11-6-12(21-4)9(13(18)19)5-10(11)15/h5-6,8H,7H2,1-4H3,(H,16,20)(H,18,19). The molecule has 0 spiro atoms. The normalized spacial score (nSPS) is 10.4. The van der Waals surface area contributed by atoms with E-state index in [0.29, 0.717) is 18.2 Å². The Hall–Kier alpha value is -1.95. The third-order valence-electron chi connectivity index (χ3n) is 2.75. The van der Waals surface area contributed by atoms with Crippen LogP contribution in [0.1, 0.15) is 24.2 Å². The van der Waals surface area contributed by atoms with Gasteiger partial charge in [-0.3, -0.25) is 0 Å². The molecule has 0 heterocycles. The molecule has 0 aromatic heterocycles. The first-order valence-electron chi connectivity index (χ1n) is 6.39. The van der Waals surface area contributed by atoms with Gasteiger partial charge in [0.2, 0.25) is 0 Å². The van der Waals surface area contributed by atoms with Gasteiger partial charge in [-0.2, -0.15) is 0 Å². The molecule has 1 rings (SSSR count). The van der Waals surface area contributed by atoms with Crippen LogP contribution in [0, 0.1) is 5.92 Å². The molecule has 1 aromatic rings. The zero-order valence-corrected chi connectivity index (χ0v) is 13.2. The number of benzene rings is 1. The van der Waals surface area contributed by atoms with Crippen LogP contribution in [0.15, 0.2) is 12.1 Å². The van der Waals surface area contributed by atoms with Crippen LogP contribution in [-0.4, -0.2) is 42.7 Å². The summed E-state index contributed by atoms with van der Waals surface area (Å²) in [5.74, 6) is -0.683. The molecule has 0 atom stereocenters. The van der Waals surface area contributed by atoms with Crippen molar-refractivity contribution in [2.75, 3.05) is 26.0 Å². The van der Waals surface area contributed by atoms with E-state index in [-0.39, 0.29) is 22.4 Å². The smallest absolute Gasteiger partial charge is 0.339 e. The number of urea groups is 1. The zero-order chi connectivity index (χ0) is 16.2. The molecule has 21 heavy (non-hydrogen) atoms. The number of hydrogen-bond donors (Lipinski definition) is 2. The van der Waals surface area contributed by atoms with E-state index in [9.17, 15) is 9.59 Å². The van der Waals surface area contributed by atoms with Crippen LogP contribution in [-0.2, 0) is 0 Å². The first-order valence-corrected chi connectivity index (χ1v) is 6.77. The van der Waals surface area contributed by atoms with Crippen LogP contribution in [0.25, 0.3) is 0 Å². The molecular formula is C14H19ClN2O4. The molecule has 116 valence electrons. The Morgan fingerprint density at radius 2 is 2.05 bits per heavy atom. The fraction of sp³-hybridized carbons (Fsp3) is 0.429. The van der Waals surface area contributed by atoms with Crippen LogP contribution < -0.4 is 10.1 Å². The number of carboxylic acids is 1. The summed E-state index contributed by atoms with van der Waals surface area (Å²) in [6, 6.07) is 2.32. The molecule has 0 aliphatic rings. The first kappa shape index (κ1) is 17.1. The minimum Gasteiger partial charge on any atom is -0.496 e. The summed E-state index contributed by atoms with van der Waals surface area (Å²) in [5.41, 5.74) is 0.246. The highest BCUT2D eigenvalue weighted by atomic mass is 35.5. The van der Waals surface area contributed by atoms with E-state index in [1.165, 1.54) is 24.1 Å². The monoisotopic (exact) mass is 314 g/mol. The van der Waals surface area contributed by atoms with E-state index >= 15 is 0 Å². The summed E-state index contributed by atoms with van der Waals surface area (Å²) in [5, 5.41) is 11.8. The maximum Gasteiger partial charge on any atom is 0.339 e. The molecule has 7 heteroatoms. The Balaban J connectivity index is 2.99. The summed E-state index contributed by atoms with van der Waals surface area (Å²) in [6.07, 6.45) is 0. The maximum atomic E-state index is 12.0. The minimum absolute atomic E-state index is 0.0592. The van der Waals surface area contributed by atoms with Crippen LogP contribution in [0.5, 0.6) is 5.75 Å².